The summed E-state index contributed by atoms with van der Waals surface area (Å²) in [5.41, 5.74) is 0.411. The fourth-order valence-corrected chi connectivity index (χ4v) is 3.00. The van der Waals surface area contributed by atoms with Crippen molar-refractivity contribution in [3.63, 3.8) is 0 Å². The topological polar surface area (TPSA) is 116 Å². The summed E-state index contributed by atoms with van der Waals surface area (Å²) in [5, 5.41) is 10.0. The average molecular weight is 416 g/mol. The van der Waals surface area contributed by atoms with Gasteiger partial charge in [0.2, 0.25) is 0 Å². The van der Waals surface area contributed by atoms with Crippen molar-refractivity contribution in [2.75, 3.05) is 18.5 Å². The number of rotatable bonds is 4. The summed E-state index contributed by atoms with van der Waals surface area (Å²) < 4.78 is 12.7. The fraction of sp³-hybridized carbons (Fsp3) is 0.278. The van der Waals surface area contributed by atoms with Crippen LogP contribution in [0.25, 0.3) is 5.95 Å². The largest absolute Gasteiger partial charge is 0.490 e. The predicted octanol–water partition coefficient (Wildman–Crippen LogP) is 2.75. The van der Waals surface area contributed by atoms with Crippen molar-refractivity contribution in [1.82, 2.24) is 30.0 Å². The standard InChI is InChI=1S/C18H18ClN7O3/c1-11(16-22-10-23-26(16)17-20-4-2-5-21-17)24-18(27)25-13-9-15-14(8-12(13)19)28-6-3-7-29-15/h2,4-5,8-11H,3,6-7H2,1H3,(H2,24,25,27)/t11-/m0/s1. The van der Waals surface area contributed by atoms with Crippen LogP contribution in [0.5, 0.6) is 11.5 Å². The number of anilines is 1. The number of benzene rings is 1. The van der Waals surface area contributed by atoms with E-state index in [4.69, 9.17) is 21.1 Å². The Morgan fingerprint density at radius 2 is 1.90 bits per heavy atom. The number of nitrogens with zero attached hydrogens (tertiary/aromatic N) is 5. The lowest BCUT2D eigenvalue weighted by Gasteiger charge is -2.16. The maximum atomic E-state index is 12.5. The summed E-state index contributed by atoms with van der Waals surface area (Å²) in [6.07, 6.45) is 5.36. The highest BCUT2D eigenvalue weighted by atomic mass is 35.5. The summed E-state index contributed by atoms with van der Waals surface area (Å²) in [7, 11) is 0. The highest BCUT2D eigenvalue weighted by molar-refractivity contribution is 6.34. The smallest absolute Gasteiger partial charge is 0.319 e. The van der Waals surface area contributed by atoms with Crippen LogP contribution >= 0.6 is 11.6 Å². The molecule has 4 rings (SSSR count). The zero-order chi connectivity index (χ0) is 20.2. The molecule has 0 saturated heterocycles. The van der Waals surface area contributed by atoms with E-state index in [1.54, 1.807) is 37.5 Å². The quantitative estimate of drug-likeness (QED) is 0.672. The first-order valence-electron chi connectivity index (χ1n) is 8.96. The SMILES string of the molecule is C[C@H](NC(=O)Nc1cc2c(cc1Cl)OCCCO2)c1ncnn1-c1ncccn1. The van der Waals surface area contributed by atoms with Crippen molar-refractivity contribution >= 4 is 23.3 Å². The molecule has 3 aromatic rings. The summed E-state index contributed by atoms with van der Waals surface area (Å²) in [4.78, 5) is 25.0. The third-order valence-corrected chi connectivity index (χ3v) is 4.45. The molecule has 0 bridgehead atoms. The van der Waals surface area contributed by atoms with E-state index in [2.05, 4.69) is 30.7 Å². The molecule has 0 radical (unpaired) electrons. The number of hydrogen-bond donors (Lipinski definition) is 2. The Morgan fingerprint density at radius 1 is 1.17 bits per heavy atom. The Bertz CT molecular complexity index is 1010. The van der Waals surface area contributed by atoms with Gasteiger partial charge < -0.3 is 20.1 Å². The monoisotopic (exact) mass is 415 g/mol. The zero-order valence-corrected chi connectivity index (χ0v) is 16.3. The molecule has 1 aromatic carbocycles. The molecule has 0 spiro atoms. The number of amides is 2. The molecule has 2 aromatic heterocycles. The van der Waals surface area contributed by atoms with Gasteiger partial charge in [-0.15, -0.1) is 0 Å². The van der Waals surface area contributed by atoms with Crippen LogP contribution in [-0.2, 0) is 0 Å². The lowest BCUT2D eigenvalue weighted by Crippen LogP contribution is -2.32. The van der Waals surface area contributed by atoms with Crippen molar-refractivity contribution in [3.05, 3.63) is 47.8 Å². The molecule has 3 heterocycles. The lowest BCUT2D eigenvalue weighted by atomic mass is 10.2. The number of carbonyl (C=O) groups is 1. The molecular formula is C18H18ClN7O3. The zero-order valence-electron chi connectivity index (χ0n) is 15.5. The van der Waals surface area contributed by atoms with Crippen LogP contribution in [0.15, 0.2) is 36.9 Å². The summed E-state index contributed by atoms with van der Waals surface area (Å²) >= 11 is 6.28. The van der Waals surface area contributed by atoms with E-state index in [-0.39, 0.29) is 0 Å². The van der Waals surface area contributed by atoms with Gasteiger partial charge in [-0.2, -0.15) is 9.78 Å². The van der Waals surface area contributed by atoms with Crippen LogP contribution in [-0.4, -0.2) is 44.0 Å². The van der Waals surface area contributed by atoms with Crippen LogP contribution < -0.4 is 20.1 Å². The molecule has 2 N–H and O–H groups in total. The first kappa shape index (κ1) is 18.9. The number of carbonyl (C=O) groups excluding carboxylic acids is 1. The van der Waals surface area contributed by atoms with E-state index >= 15 is 0 Å². The molecule has 1 aliphatic rings. The Hall–Kier alpha value is -3.40. The van der Waals surface area contributed by atoms with E-state index in [0.29, 0.717) is 47.2 Å². The van der Waals surface area contributed by atoms with E-state index in [1.807, 2.05) is 0 Å². The van der Waals surface area contributed by atoms with Crippen LogP contribution in [0.2, 0.25) is 5.02 Å². The number of ether oxygens (including phenoxy) is 2. The van der Waals surface area contributed by atoms with Crippen LogP contribution in [0, 0.1) is 0 Å². The van der Waals surface area contributed by atoms with Crippen molar-refractivity contribution < 1.29 is 14.3 Å². The molecule has 11 heteroatoms. The van der Waals surface area contributed by atoms with Crippen molar-refractivity contribution in [2.24, 2.45) is 0 Å². The number of nitrogens with one attached hydrogen (secondary N) is 2. The van der Waals surface area contributed by atoms with Gasteiger partial charge in [0.05, 0.1) is 30.0 Å². The molecule has 0 saturated carbocycles. The highest BCUT2D eigenvalue weighted by Gasteiger charge is 2.20. The van der Waals surface area contributed by atoms with Crippen molar-refractivity contribution in [2.45, 2.75) is 19.4 Å². The Morgan fingerprint density at radius 3 is 2.66 bits per heavy atom. The van der Waals surface area contributed by atoms with Gasteiger partial charge in [0, 0.05) is 30.9 Å². The first-order valence-corrected chi connectivity index (χ1v) is 9.33. The second-order valence-electron chi connectivity index (χ2n) is 6.23. The van der Waals surface area contributed by atoms with Gasteiger partial charge >= 0.3 is 6.03 Å². The summed E-state index contributed by atoms with van der Waals surface area (Å²) in [6, 6.07) is 4.05. The highest BCUT2D eigenvalue weighted by Crippen LogP contribution is 2.37. The molecule has 2 amide bonds. The van der Waals surface area contributed by atoms with E-state index in [0.717, 1.165) is 6.42 Å². The van der Waals surface area contributed by atoms with Crippen molar-refractivity contribution in [1.29, 1.82) is 0 Å². The molecule has 0 fully saturated rings. The van der Waals surface area contributed by atoms with E-state index < -0.39 is 12.1 Å². The number of halogens is 1. The molecule has 29 heavy (non-hydrogen) atoms. The van der Waals surface area contributed by atoms with Gasteiger partial charge in [0.25, 0.3) is 5.95 Å². The Labute approximate surface area is 171 Å². The normalized spacial score (nSPS) is 14.0. The van der Waals surface area contributed by atoms with Gasteiger partial charge in [0.1, 0.15) is 6.33 Å². The van der Waals surface area contributed by atoms with Gasteiger partial charge in [-0.1, -0.05) is 11.6 Å². The molecule has 0 unspecified atom stereocenters. The Kier molecular flexibility index (Phi) is 5.43. The average Bonchev–Trinajstić information content (AvgIpc) is 3.10. The second-order valence-corrected chi connectivity index (χ2v) is 6.64. The van der Waals surface area contributed by atoms with Gasteiger partial charge in [0.15, 0.2) is 17.3 Å². The fourth-order valence-electron chi connectivity index (χ4n) is 2.80. The molecule has 150 valence electrons. The maximum absolute atomic E-state index is 12.5. The van der Waals surface area contributed by atoms with Crippen molar-refractivity contribution in [3.8, 4) is 17.4 Å². The summed E-state index contributed by atoms with van der Waals surface area (Å²) in [5.74, 6) is 1.94. The van der Waals surface area contributed by atoms with Crippen LogP contribution in [0.3, 0.4) is 0 Å². The van der Waals surface area contributed by atoms with E-state index in [9.17, 15) is 4.79 Å². The minimum atomic E-state index is -0.472. The second kappa shape index (κ2) is 8.31. The minimum absolute atomic E-state index is 0.345. The van der Waals surface area contributed by atoms with Crippen LogP contribution in [0.4, 0.5) is 10.5 Å². The van der Waals surface area contributed by atoms with E-state index in [1.165, 1.54) is 11.0 Å². The molecule has 1 aliphatic heterocycles. The number of urea groups is 1. The number of aromatic nitrogens is 5. The first-order chi connectivity index (χ1) is 14.1. The maximum Gasteiger partial charge on any atom is 0.319 e. The molecule has 0 aliphatic carbocycles. The molecule has 10 nitrogen and oxygen atoms in total. The third-order valence-electron chi connectivity index (χ3n) is 4.14. The Balaban J connectivity index is 1.47. The minimum Gasteiger partial charge on any atom is -0.490 e. The summed E-state index contributed by atoms with van der Waals surface area (Å²) in [6.45, 7) is 2.87. The van der Waals surface area contributed by atoms with Gasteiger partial charge in [-0.25, -0.2) is 19.7 Å². The van der Waals surface area contributed by atoms with Gasteiger partial charge in [-0.05, 0) is 13.0 Å². The van der Waals surface area contributed by atoms with Crippen LogP contribution in [0.1, 0.15) is 25.2 Å². The number of hydrogen-bond acceptors (Lipinski definition) is 7. The molecule has 1 atom stereocenters. The van der Waals surface area contributed by atoms with Gasteiger partial charge in [-0.3, -0.25) is 0 Å². The predicted molar refractivity (Wildman–Crippen MR) is 105 cm³/mol. The lowest BCUT2D eigenvalue weighted by molar-refractivity contribution is 0.248. The third kappa shape index (κ3) is 4.21. The molecular weight excluding hydrogens is 398 g/mol. The number of fused-ring (bicyclic) bond motifs is 1.